The molecule has 0 unspecified atom stereocenters. The van der Waals surface area contributed by atoms with Gasteiger partial charge in [-0.2, -0.15) is 0 Å². The van der Waals surface area contributed by atoms with E-state index in [-0.39, 0.29) is 10.9 Å². The number of nitrogens with zero attached hydrogens (tertiary/aromatic N) is 4. The Hall–Kier alpha value is -1.80. The number of benzene rings is 1. The Bertz CT molecular complexity index is 604. The fraction of sp³-hybridized carbons (Fsp3) is 0.300. The number of hydrogen-bond donors (Lipinski definition) is 1. The zero-order chi connectivity index (χ0) is 13.2. The topological polar surface area (TPSA) is 89.8 Å². The molecule has 1 N–H and O–H groups in total. The average Bonchev–Trinajstić information content (AvgIpc) is 2.81. The summed E-state index contributed by atoms with van der Waals surface area (Å²) in [6.45, 7) is 3.54. The van der Waals surface area contributed by atoms with Crippen molar-refractivity contribution in [1.29, 1.82) is 0 Å². The van der Waals surface area contributed by atoms with Crippen LogP contribution in [0.1, 0.15) is 13.8 Å². The largest absolute Gasteiger partial charge is 0.240 e. The minimum absolute atomic E-state index is 0.144. The van der Waals surface area contributed by atoms with Crippen LogP contribution in [-0.2, 0) is 10.0 Å². The molecule has 0 atom stereocenters. The molecule has 0 aliphatic carbocycles. The average molecular weight is 267 g/mol. The minimum Gasteiger partial charge on any atom is -0.209 e. The van der Waals surface area contributed by atoms with Gasteiger partial charge in [0.2, 0.25) is 10.0 Å². The zero-order valence-corrected chi connectivity index (χ0v) is 10.8. The second kappa shape index (κ2) is 4.83. The van der Waals surface area contributed by atoms with Crippen molar-refractivity contribution in [2.24, 2.45) is 0 Å². The molecule has 0 saturated heterocycles. The van der Waals surface area contributed by atoms with Gasteiger partial charge in [0.15, 0.2) is 0 Å². The summed E-state index contributed by atoms with van der Waals surface area (Å²) in [7, 11) is -3.46. The van der Waals surface area contributed by atoms with Crippen molar-refractivity contribution in [2.75, 3.05) is 0 Å². The standard InChI is InChI=1S/C10H13N5O2S/c1-8(2)12-18(16,17)10-5-3-9(4-6-10)15-7-11-13-14-15/h3-8,12H,1-2H3. The van der Waals surface area contributed by atoms with Crippen molar-refractivity contribution < 1.29 is 8.42 Å². The number of tetrazole rings is 1. The van der Waals surface area contributed by atoms with Gasteiger partial charge in [-0.15, -0.1) is 5.10 Å². The van der Waals surface area contributed by atoms with Crippen molar-refractivity contribution in [2.45, 2.75) is 24.8 Å². The summed E-state index contributed by atoms with van der Waals surface area (Å²) < 4.78 is 27.7. The van der Waals surface area contributed by atoms with Crippen LogP contribution in [-0.4, -0.2) is 34.7 Å². The molecule has 18 heavy (non-hydrogen) atoms. The van der Waals surface area contributed by atoms with Crippen molar-refractivity contribution in [3.63, 3.8) is 0 Å². The summed E-state index contributed by atoms with van der Waals surface area (Å²) in [6, 6.07) is 6.18. The molecular formula is C10H13N5O2S. The van der Waals surface area contributed by atoms with Gasteiger partial charge in [0, 0.05) is 6.04 Å². The van der Waals surface area contributed by atoms with Crippen molar-refractivity contribution in [3.05, 3.63) is 30.6 Å². The highest BCUT2D eigenvalue weighted by molar-refractivity contribution is 7.89. The smallest absolute Gasteiger partial charge is 0.209 e. The van der Waals surface area contributed by atoms with Crippen LogP contribution >= 0.6 is 0 Å². The molecule has 2 aromatic rings. The van der Waals surface area contributed by atoms with E-state index in [1.54, 1.807) is 26.0 Å². The molecule has 0 radical (unpaired) electrons. The van der Waals surface area contributed by atoms with E-state index < -0.39 is 10.0 Å². The third-order valence-electron chi connectivity index (χ3n) is 2.15. The molecule has 0 saturated carbocycles. The summed E-state index contributed by atoms with van der Waals surface area (Å²) in [4.78, 5) is 0.216. The maximum Gasteiger partial charge on any atom is 0.240 e. The fourth-order valence-electron chi connectivity index (χ4n) is 1.44. The highest BCUT2D eigenvalue weighted by atomic mass is 32.2. The first-order chi connectivity index (χ1) is 8.49. The Morgan fingerprint density at radius 2 is 1.89 bits per heavy atom. The summed E-state index contributed by atoms with van der Waals surface area (Å²) in [5, 5.41) is 10.7. The van der Waals surface area contributed by atoms with Crippen LogP contribution in [0.5, 0.6) is 0 Å². The van der Waals surface area contributed by atoms with Gasteiger partial charge in [-0.3, -0.25) is 0 Å². The number of hydrogen-bond acceptors (Lipinski definition) is 5. The second-order valence-electron chi connectivity index (χ2n) is 4.02. The minimum atomic E-state index is -3.46. The molecule has 0 fully saturated rings. The van der Waals surface area contributed by atoms with E-state index in [4.69, 9.17) is 0 Å². The van der Waals surface area contributed by atoms with E-state index >= 15 is 0 Å². The van der Waals surface area contributed by atoms with Gasteiger partial charge in [0.25, 0.3) is 0 Å². The second-order valence-corrected chi connectivity index (χ2v) is 5.74. The van der Waals surface area contributed by atoms with Gasteiger partial charge in [0.05, 0.1) is 10.6 Å². The van der Waals surface area contributed by atoms with Crippen LogP contribution in [0.3, 0.4) is 0 Å². The first kappa shape index (κ1) is 12.7. The molecule has 8 heteroatoms. The molecule has 0 spiro atoms. The van der Waals surface area contributed by atoms with Crippen molar-refractivity contribution >= 4 is 10.0 Å². The molecule has 0 aliphatic heterocycles. The van der Waals surface area contributed by atoms with Crippen LogP contribution in [0, 0.1) is 0 Å². The maximum absolute atomic E-state index is 11.9. The van der Waals surface area contributed by atoms with E-state index in [9.17, 15) is 8.42 Å². The third kappa shape index (κ3) is 2.71. The van der Waals surface area contributed by atoms with Gasteiger partial charge in [0.1, 0.15) is 6.33 Å². The first-order valence-electron chi connectivity index (χ1n) is 5.35. The van der Waals surface area contributed by atoms with Gasteiger partial charge < -0.3 is 0 Å². The monoisotopic (exact) mass is 267 g/mol. The summed E-state index contributed by atoms with van der Waals surface area (Å²) in [5.41, 5.74) is 0.698. The molecule has 0 amide bonds. The van der Waals surface area contributed by atoms with E-state index in [1.807, 2.05) is 0 Å². The molecule has 0 aliphatic rings. The summed E-state index contributed by atoms with van der Waals surface area (Å²) >= 11 is 0. The van der Waals surface area contributed by atoms with Gasteiger partial charge in [-0.25, -0.2) is 17.8 Å². The summed E-state index contributed by atoms with van der Waals surface area (Å²) in [5.74, 6) is 0. The Morgan fingerprint density at radius 1 is 1.22 bits per heavy atom. The lowest BCUT2D eigenvalue weighted by Crippen LogP contribution is -2.30. The van der Waals surface area contributed by atoms with Gasteiger partial charge in [-0.1, -0.05) is 0 Å². The van der Waals surface area contributed by atoms with Gasteiger partial charge in [-0.05, 0) is 48.5 Å². The molecule has 2 rings (SSSR count). The van der Waals surface area contributed by atoms with Gasteiger partial charge >= 0.3 is 0 Å². The number of rotatable bonds is 4. The quantitative estimate of drug-likeness (QED) is 0.863. The maximum atomic E-state index is 11.9. The first-order valence-corrected chi connectivity index (χ1v) is 6.83. The Morgan fingerprint density at radius 3 is 2.39 bits per heavy atom. The van der Waals surface area contributed by atoms with Crippen LogP contribution in [0.4, 0.5) is 0 Å². The summed E-state index contributed by atoms with van der Waals surface area (Å²) in [6.07, 6.45) is 1.44. The Kier molecular flexibility index (Phi) is 3.39. The molecule has 1 aromatic carbocycles. The lowest BCUT2D eigenvalue weighted by Gasteiger charge is -2.09. The fourth-order valence-corrected chi connectivity index (χ4v) is 2.69. The van der Waals surface area contributed by atoms with E-state index in [2.05, 4.69) is 20.2 Å². The lowest BCUT2D eigenvalue weighted by atomic mass is 10.3. The molecule has 0 bridgehead atoms. The predicted octanol–water partition coefficient (Wildman–Crippen LogP) is 0.349. The van der Waals surface area contributed by atoms with Crippen LogP contribution in [0.2, 0.25) is 0 Å². The van der Waals surface area contributed by atoms with Crippen molar-refractivity contribution in [1.82, 2.24) is 24.9 Å². The predicted molar refractivity (Wildman–Crippen MR) is 64.6 cm³/mol. The van der Waals surface area contributed by atoms with Crippen molar-refractivity contribution in [3.8, 4) is 5.69 Å². The lowest BCUT2D eigenvalue weighted by molar-refractivity contribution is 0.570. The molecular weight excluding hydrogens is 254 g/mol. The normalized spacial score (nSPS) is 11.9. The third-order valence-corrected chi connectivity index (χ3v) is 3.83. The SMILES string of the molecule is CC(C)NS(=O)(=O)c1ccc(-n2cnnn2)cc1. The molecule has 1 aromatic heterocycles. The van der Waals surface area contributed by atoms with Crippen LogP contribution < -0.4 is 4.72 Å². The Labute approximate surface area is 105 Å². The highest BCUT2D eigenvalue weighted by Gasteiger charge is 2.15. The number of sulfonamides is 1. The highest BCUT2D eigenvalue weighted by Crippen LogP contribution is 2.12. The number of nitrogens with one attached hydrogen (secondary N) is 1. The van der Waals surface area contributed by atoms with E-state index in [1.165, 1.54) is 23.1 Å². The molecule has 7 nitrogen and oxygen atoms in total. The Balaban J connectivity index is 2.28. The van der Waals surface area contributed by atoms with E-state index in [0.717, 1.165) is 0 Å². The van der Waals surface area contributed by atoms with E-state index in [0.29, 0.717) is 5.69 Å². The zero-order valence-electron chi connectivity index (χ0n) is 9.98. The molecule has 96 valence electrons. The molecule has 1 heterocycles. The van der Waals surface area contributed by atoms with Crippen LogP contribution in [0.25, 0.3) is 5.69 Å². The van der Waals surface area contributed by atoms with Crippen LogP contribution in [0.15, 0.2) is 35.5 Å². The number of aromatic nitrogens is 4.